The van der Waals surface area contributed by atoms with E-state index in [4.69, 9.17) is 9.47 Å². The zero-order valence-electron chi connectivity index (χ0n) is 20.1. The number of esters is 1. The molecule has 6 heteroatoms. The predicted octanol–water partition coefficient (Wildman–Crippen LogP) is 5.73. The molecule has 1 fully saturated rings. The highest BCUT2D eigenvalue weighted by atomic mass is 16.5. The second kappa shape index (κ2) is 11.5. The van der Waals surface area contributed by atoms with Crippen LogP contribution >= 0.6 is 0 Å². The minimum absolute atomic E-state index is 0.365. The van der Waals surface area contributed by atoms with E-state index in [1.54, 1.807) is 12.1 Å². The Morgan fingerprint density at radius 3 is 2.11 bits per heavy atom. The van der Waals surface area contributed by atoms with Gasteiger partial charge in [0, 0.05) is 29.9 Å². The molecule has 1 aliphatic carbocycles. The van der Waals surface area contributed by atoms with Crippen LogP contribution in [0.4, 0.5) is 5.69 Å². The van der Waals surface area contributed by atoms with Gasteiger partial charge in [0.1, 0.15) is 5.76 Å². The summed E-state index contributed by atoms with van der Waals surface area (Å²) in [7, 11) is 0. The first-order chi connectivity index (χ1) is 17.8. The highest BCUT2D eigenvalue weighted by molar-refractivity contribution is 5.94. The largest absolute Gasteiger partial charge is 0.422 e. The highest BCUT2D eigenvalue weighted by Crippen LogP contribution is 2.39. The van der Waals surface area contributed by atoms with Gasteiger partial charge in [0.05, 0.1) is 30.7 Å². The van der Waals surface area contributed by atoms with Crippen LogP contribution in [0.3, 0.4) is 0 Å². The number of benzene rings is 3. The van der Waals surface area contributed by atoms with Gasteiger partial charge in [-0.15, -0.1) is 0 Å². The van der Waals surface area contributed by atoms with E-state index in [-0.39, 0.29) is 5.97 Å². The number of carbonyl (C=O) groups excluding carboxylic acids is 1. The lowest BCUT2D eigenvalue weighted by Gasteiger charge is -2.32. The number of hydrogen-bond acceptors (Lipinski definition) is 6. The van der Waals surface area contributed by atoms with E-state index >= 15 is 0 Å². The summed E-state index contributed by atoms with van der Waals surface area (Å²) in [6.07, 6.45) is 3.46. The molecular formula is C30H29N3O3. The Balaban J connectivity index is 1.54. The Morgan fingerprint density at radius 1 is 0.833 bits per heavy atom. The molecule has 0 aromatic heterocycles. The molecule has 0 amide bonds. The molecular weight excluding hydrogens is 450 g/mol. The fraction of sp³-hybridized carbons (Fsp3) is 0.200. The zero-order chi connectivity index (χ0) is 24.6. The lowest BCUT2D eigenvalue weighted by Crippen LogP contribution is -2.36. The molecule has 1 heterocycles. The van der Waals surface area contributed by atoms with Crippen molar-refractivity contribution in [3.05, 3.63) is 119 Å². The minimum atomic E-state index is -0.365. The molecule has 0 bridgehead atoms. The Bertz CT molecular complexity index is 1260. The van der Waals surface area contributed by atoms with E-state index < -0.39 is 0 Å². The highest BCUT2D eigenvalue weighted by Gasteiger charge is 2.30. The monoisotopic (exact) mass is 479 g/mol. The number of nitrogens with one attached hydrogen (secondary N) is 1. The van der Waals surface area contributed by atoms with Crippen molar-refractivity contribution in [3.63, 3.8) is 0 Å². The molecule has 3 aromatic rings. The van der Waals surface area contributed by atoms with Gasteiger partial charge in [-0.1, -0.05) is 66.7 Å². The molecule has 1 saturated heterocycles. The number of allylic oxidation sites excluding steroid dienone is 2. The average molecular weight is 480 g/mol. The first kappa shape index (κ1) is 23.6. The first-order valence-corrected chi connectivity index (χ1v) is 12.3. The molecule has 3 aromatic carbocycles. The fourth-order valence-electron chi connectivity index (χ4n) is 4.53. The molecule has 0 spiro atoms. The van der Waals surface area contributed by atoms with E-state index in [2.05, 4.69) is 15.4 Å². The predicted molar refractivity (Wildman–Crippen MR) is 142 cm³/mol. The SMILES string of the molecule is O=C(O/C(=C1/CCC(/C=N/Nc2ccccc2)=C1N1CCOCC1)c1ccccc1)c1ccccc1. The molecule has 36 heavy (non-hydrogen) atoms. The van der Waals surface area contributed by atoms with Crippen molar-refractivity contribution in [2.75, 3.05) is 31.7 Å². The minimum Gasteiger partial charge on any atom is -0.422 e. The van der Waals surface area contributed by atoms with Gasteiger partial charge in [0.25, 0.3) is 0 Å². The van der Waals surface area contributed by atoms with Gasteiger partial charge in [-0.2, -0.15) is 5.10 Å². The van der Waals surface area contributed by atoms with Crippen molar-refractivity contribution < 1.29 is 14.3 Å². The molecule has 0 saturated carbocycles. The molecule has 0 unspecified atom stereocenters. The van der Waals surface area contributed by atoms with Gasteiger partial charge >= 0.3 is 5.97 Å². The molecule has 1 N–H and O–H groups in total. The van der Waals surface area contributed by atoms with Gasteiger partial charge in [-0.05, 0) is 42.7 Å². The van der Waals surface area contributed by atoms with Crippen LogP contribution in [0.15, 0.2) is 113 Å². The summed E-state index contributed by atoms with van der Waals surface area (Å²) in [5.41, 5.74) is 8.66. The van der Waals surface area contributed by atoms with Crippen LogP contribution in [0, 0.1) is 0 Å². The van der Waals surface area contributed by atoms with E-state index in [0.29, 0.717) is 24.5 Å². The van der Waals surface area contributed by atoms with Crippen LogP contribution in [0.1, 0.15) is 28.8 Å². The van der Waals surface area contributed by atoms with Crippen molar-refractivity contribution in [1.29, 1.82) is 0 Å². The maximum atomic E-state index is 13.1. The Labute approximate surface area is 211 Å². The van der Waals surface area contributed by atoms with Crippen molar-refractivity contribution >= 4 is 23.6 Å². The second-order valence-electron chi connectivity index (χ2n) is 8.64. The molecule has 0 radical (unpaired) electrons. The lowest BCUT2D eigenvalue weighted by molar-refractivity contribution is 0.0544. The first-order valence-electron chi connectivity index (χ1n) is 12.3. The third-order valence-electron chi connectivity index (χ3n) is 6.26. The topological polar surface area (TPSA) is 63.2 Å². The van der Waals surface area contributed by atoms with Gasteiger partial charge in [0.15, 0.2) is 0 Å². The van der Waals surface area contributed by atoms with Crippen molar-refractivity contribution in [3.8, 4) is 0 Å². The third-order valence-corrected chi connectivity index (χ3v) is 6.26. The van der Waals surface area contributed by atoms with Crippen LogP contribution in [0.2, 0.25) is 0 Å². The van der Waals surface area contributed by atoms with Gasteiger partial charge < -0.3 is 14.4 Å². The summed E-state index contributed by atoms with van der Waals surface area (Å²) >= 11 is 0. The summed E-state index contributed by atoms with van der Waals surface area (Å²) < 4.78 is 11.8. The number of para-hydroxylation sites is 1. The van der Waals surface area contributed by atoms with Crippen LogP contribution in [-0.4, -0.2) is 43.4 Å². The molecule has 0 atom stereocenters. The maximum absolute atomic E-state index is 13.1. The summed E-state index contributed by atoms with van der Waals surface area (Å²) in [5, 5.41) is 4.52. The van der Waals surface area contributed by atoms with Gasteiger partial charge in [0.2, 0.25) is 0 Å². The number of anilines is 1. The Hall–Kier alpha value is -4.16. The van der Waals surface area contributed by atoms with E-state index in [1.165, 1.54) is 0 Å². The smallest absolute Gasteiger partial charge is 0.343 e. The fourth-order valence-corrected chi connectivity index (χ4v) is 4.53. The number of rotatable bonds is 7. The molecule has 2 aliphatic rings. The molecule has 5 rings (SSSR count). The number of morpholine rings is 1. The van der Waals surface area contributed by atoms with Crippen LogP contribution in [-0.2, 0) is 9.47 Å². The standard InChI is InChI=1S/C30H29N3O3/c34-30(24-12-6-2-7-13-24)36-29(23-10-4-1-5-11-23)27-17-16-25(28(27)33-18-20-35-21-19-33)22-31-32-26-14-8-3-9-15-26/h1-15,22,32H,16-21H2/b29-27-,31-22+. The number of hydrazone groups is 1. The second-order valence-corrected chi connectivity index (χ2v) is 8.64. The quantitative estimate of drug-likeness (QED) is 0.203. The third kappa shape index (κ3) is 5.56. The van der Waals surface area contributed by atoms with E-state index in [9.17, 15) is 4.79 Å². The van der Waals surface area contributed by atoms with Gasteiger partial charge in [-0.25, -0.2) is 4.79 Å². The molecule has 182 valence electrons. The lowest BCUT2D eigenvalue weighted by atomic mass is 10.0. The maximum Gasteiger partial charge on any atom is 0.343 e. The number of carbonyl (C=O) groups is 1. The summed E-state index contributed by atoms with van der Waals surface area (Å²) in [6.45, 7) is 2.87. The Morgan fingerprint density at radius 2 is 1.44 bits per heavy atom. The molecule has 1 aliphatic heterocycles. The number of hydrogen-bond donors (Lipinski definition) is 1. The van der Waals surface area contributed by atoms with Crippen LogP contribution < -0.4 is 5.43 Å². The normalized spacial score (nSPS) is 17.4. The zero-order valence-corrected chi connectivity index (χ0v) is 20.1. The Kier molecular flexibility index (Phi) is 7.54. The summed E-state index contributed by atoms with van der Waals surface area (Å²) in [6, 6.07) is 28.9. The summed E-state index contributed by atoms with van der Waals surface area (Å²) in [5.74, 6) is 0.238. The number of ether oxygens (including phenoxy) is 2. The van der Waals surface area contributed by atoms with Crippen molar-refractivity contribution in [1.82, 2.24) is 4.90 Å². The van der Waals surface area contributed by atoms with Gasteiger partial charge in [-0.3, -0.25) is 5.43 Å². The van der Waals surface area contributed by atoms with E-state index in [1.807, 2.05) is 85.1 Å². The van der Waals surface area contributed by atoms with Crippen molar-refractivity contribution in [2.24, 2.45) is 5.10 Å². The van der Waals surface area contributed by atoms with Crippen LogP contribution in [0.25, 0.3) is 5.76 Å². The summed E-state index contributed by atoms with van der Waals surface area (Å²) in [4.78, 5) is 15.5. The number of nitrogens with zero attached hydrogens (tertiary/aromatic N) is 2. The van der Waals surface area contributed by atoms with Crippen LogP contribution in [0.5, 0.6) is 0 Å². The average Bonchev–Trinajstić information content (AvgIpc) is 3.37. The van der Waals surface area contributed by atoms with Crippen molar-refractivity contribution in [2.45, 2.75) is 12.8 Å². The van der Waals surface area contributed by atoms with E-state index in [0.717, 1.165) is 54.0 Å². The molecule has 6 nitrogen and oxygen atoms in total.